The minimum absolute atomic E-state index is 0.141. The molecule has 0 heterocycles. The van der Waals surface area contributed by atoms with Gasteiger partial charge in [-0.3, -0.25) is 0 Å². The lowest BCUT2D eigenvalue weighted by Gasteiger charge is -2.21. The molecule has 0 aliphatic heterocycles. The van der Waals surface area contributed by atoms with E-state index in [9.17, 15) is 4.79 Å². The summed E-state index contributed by atoms with van der Waals surface area (Å²) in [6.45, 7) is 3.88. The van der Waals surface area contributed by atoms with Gasteiger partial charge in [-0.1, -0.05) is 23.2 Å². The van der Waals surface area contributed by atoms with E-state index in [-0.39, 0.29) is 12.1 Å². The Morgan fingerprint density at radius 2 is 1.94 bits per heavy atom. The third-order valence-electron chi connectivity index (χ3n) is 2.27. The van der Waals surface area contributed by atoms with Crippen LogP contribution in [-0.4, -0.2) is 24.0 Å². The summed E-state index contributed by atoms with van der Waals surface area (Å²) in [4.78, 5) is 13.3. The average Bonchev–Trinajstić information content (AvgIpc) is 2.22. The molecule has 16 heavy (non-hydrogen) atoms. The SMILES string of the molecule is CC(C)N(C)C(=O)Nc1ccc(Cl)c(Cl)c1. The van der Waals surface area contributed by atoms with Gasteiger partial charge >= 0.3 is 6.03 Å². The molecule has 0 unspecified atom stereocenters. The van der Waals surface area contributed by atoms with Crippen LogP contribution in [0.3, 0.4) is 0 Å². The van der Waals surface area contributed by atoms with Crippen LogP contribution in [0.25, 0.3) is 0 Å². The highest BCUT2D eigenvalue weighted by Crippen LogP contribution is 2.25. The van der Waals surface area contributed by atoms with Gasteiger partial charge in [0.15, 0.2) is 0 Å². The van der Waals surface area contributed by atoms with Crippen LogP contribution in [0.5, 0.6) is 0 Å². The number of benzene rings is 1. The van der Waals surface area contributed by atoms with E-state index >= 15 is 0 Å². The number of anilines is 1. The lowest BCUT2D eigenvalue weighted by atomic mass is 10.3. The Kier molecular flexibility index (Phi) is 4.44. The molecule has 2 amide bonds. The highest BCUT2D eigenvalue weighted by molar-refractivity contribution is 6.42. The molecule has 1 N–H and O–H groups in total. The largest absolute Gasteiger partial charge is 0.325 e. The van der Waals surface area contributed by atoms with Crippen molar-refractivity contribution >= 4 is 34.9 Å². The second-order valence-electron chi connectivity index (χ2n) is 3.76. The first-order valence-electron chi connectivity index (χ1n) is 4.90. The number of carbonyl (C=O) groups is 1. The van der Waals surface area contributed by atoms with Gasteiger partial charge < -0.3 is 10.2 Å². The van der Waals surface area contributed by atoms with Crippen molar-refractivity contribution < 1.29 is 4.79 Å². The quantitative estimate of drug-likeness (QED) is 0.861. The standard InChI is InChI=1S/C11H14Cl2N2O/c1-7(2)15(3)11(16)14-8-4-5-9(12)10(13)6-8/h4-7H,1-3H3,(H,14,16). The molecule has 0 atom stereocenters. The normalized spacial score (nSPS) is 10.4. The summed E-state index contributed by atoms with van der Waals surface area (Å²) >= 11 is 11.6. The van der Waals surface area contributed by atoms with Crippen LogP contribution in [0, 0.1) is 0 Å². The molecule has 0 saturated carbocycles. The molecule has 0 aromatic heterocycles. The monoisotopic (exact) mass is 260 g/mol. The predicted molar refractivity (Wildman–Crippen MR) is 68.4 cm³/mol. The molecule has 1 aromatic carbocycles. The van der Waals surface area contributed by atoms with Crippen LogP contribution in [0.2, 0.25) is 10.0 Å². The van der Waals surface area contributed by atoms with E-state index in [1.807, 2.05) is 13.8 Å². The minimum Gasteiger partial charge on any atom is -0.325 e. The van der Waals surface area contributed by atoms with Gasteiger partial charge in [-0.25, -0.2) is 4.79 Å². The summed E-state index contributed by atoms with van der Waals surface area (Å²) in [5.41, 5.74) is 0.631. The maximum atomic E-state index is 11.7. The van der Waals surface area contributed by atoms with Crippen LogP contribution in [-0.2, 0) is 0 Å². The molecule has 1 aromatic rings. The van der Waals surface area contributed by atoms with E-state index in [0.29, 0.717) is 15.7 Å². The zero-order valence-corrected chi connectivity index (χ0v) is 10.9. The second-order valence-corrected chi connectivity index (χ2v) is 4.58. The summed E-state index contributed by atoms with van der Waals surface area (Å²) in [5, 5.41) is 3.63. The number of halogens is 2. The minimum atomic E-state index is -0.173. The molecule has 0 radical (unpaired) electrons. The van der Waals surface area contributed by atoms with Crippen LogP contribution in [0.4, 0.5) is 10.5 Å². The molecule has 88 valence electrons. The molecular formula is C11H14Cl2N2O. The van der Waals surface area contributed by atoms with E-state index in [2.05, 4.69) is 5.32 Å². The zero-order chi connectivity index (χ0) is 12.3. The molecule has 0 aliphatic rings. The lowest BCUT2D eigenvalue weighted by Crippen LogP contribution is -2.36. The Bertz CT molecular complexity index is 394. The number of rotatable bonds is 2. The van der Waals surface area contributed by atoms with Gasteiger partial charge in [0.25, 0.3) is 0 Å². The number of amides is 2. The number of hydrogen-bond donors (Lipinski definition) is 1. The van der Waals surface area contributed by atoms with Crippen molar-refractivity contribution in [3.8, 4) is 0 Å². The molecule has 0 aliphatic carbocycles. The molecule has 5 heteroatoms. The molecule has 3 nitrogen and oxygen atoms in total. The van der Waals surface area contributed by atoms with Crippen LogP contribution in [0.15, 0.2) is 18.2 Å². The predicted octanol–water partition coefficient (Wildman–Crippen LogP) is 3.87. The first-order valence-corrected chi connectivity index (χ1v) is 5.66. The van der Waals surface area contributed by atoms with E-state index in [4.69, 9.17) is 23.2 Å². The third kappa shape index (κ3) is 3.29. The van der Waals surface area contributed by atoms with E-state index in [0.717, 1.165) is 0 Å². The van der Waals surface area contributed by atoms with Gasteiger partial charge in [0.1, 0.15) is 0 Å². The second kappa shape index (κ2) is 5.41. The fourth-order valence-electron chi connectivity index (χ4n) is 1.02. The van der Waals surface area contributed by atoms with Gasteiger partial charge in [0, 0.05) is 18.8 Å². The van der Waals surface area contributed by atoms with Crippen molar-refractivity contribution in [3.05, 3.63) is 28.2 Å². The van der Waals surface area contributed by atoms with Gasteiger partial charge in [0.05, 0.1) is 10.0 Å². The summed E-state index contributed by atoms with van der Waals surface area (Å²) in [6, 6.07) is 4.95. The number of nitrogens with one attached hydrogen (secondary N) is 1. The Balaban J connectivity index is 2.74. The Hall–Kier alpha value is -0.930. The van der Waals surface area contributed by atoms with Crippen molar-refractivity contribution in [1.29, 1.82) is 0 Å². The van der Waals surface area contributed by atoms with E-state index in [1.54, 1.807) is 30.1 Å². The van der Waals surface area contributed by atoms with Gasteiger partial charge in [0.2, 0.25) is 0 Å². The van der Waals surface area contributed by atoms with Crippen LogP contribution in [0.1, 0.15) is 13.8 Å². The highest BCUT2D eigenvalue weighted by atomic mass is 35.5. The molecule has 0 fully saturated rings. The maximum absolute atomic E-state index is 11.7. The number of carbonyl (C=O) groups excluding carboxylic acids is 1. The summed E-state index contributed by atoms with van der Waals surface area (Å²) in [7, 11) is 1.73. The Labute approximate surface area is 105 Å². The van der Waals surface area contributed by atoms with E-state index in [1.165, 1.54) is 0 Å². The zero-order valence-electron chi connectivity index (χ0n) is 9.42. The summed E-state index contributed by atoms with van der Waals surface area (Å²) in [6.07, 6.45) is 0. The number of hydrogen-bond acceptors (Lipinski definition) is 1. The summed E-state index contributed by atoms with van der Waals surface area (Å²) < 4.78 is 0. The first kappa shape index (κ1) is 13.1. The first-order chi connectivity index (χ1) is 7.41. The third-order valence-corrected chi connectivity index (χ3v) is 3.00. The topological polar surface area (TPSA) is 32.3 Å². The van der Waals surface area contributed by atoms with Crippen molar-refractivity contribution in [2.45, 2.75) is 19.9 Å². The molecule has 0 saturated heterocycles. The average molecular weight is 261 g/mol. The summed E-state index contributed by atoms with van der Waals surface area (Å²) in [5.74, 6) is 0. The number of nitrogens with zero attached hydrogens (tertiary/aromatic N) is 1. The molecule has 0 spiro atoms. The van der Waals surface area contributed by atoms with Crippen LogP contribution < -0.4 is 5.32 Å². The van der Waals surface area contributed by atoms with Crippen molar-refractivity contribution in [3.63, 3.8) is 0 Å². The van der Waals surface area contributed by atoms with Crippen molar-refractivity contribution in [2.24, 2.45) is 0 Å². The van der Waals surface area contributed by atoms with Crippen molar-refractivity contribution in [2.75, 3.05) is 12.4 Å². The smallest absolute Gasteiger partial charge is 0.321 e. The maximum Gasteiger partial charge on any atom is 0.321 e. The Morgan fingerprint density at radius 1 is 1.31 bits per heavy atom. The van der Waals surface area contributed by atoms with Gasteiger partial charge in [-0.2, -0.15) is 0 Å². The molecular weight excluding hydrogens is 247 g/mol. The number of urea groups is 1. The van der Waals surface area contributed by atoms with Gasteiger partial charge in [-0.05, 0) is 32.0 Å². The molecule has 0 bridgehead atoms. The van der Waals surface area contributed by atoms with Crippen LogP contribution >= 0.6 is 23.2 Å². The fourth-order valence-corrected chi connectivity index (χ4v) is 1.32. The molecule has 1 rings (SSSR count). The lowest BCUT2D eigenvalue weighted by molar-refractivity contribution is 0.211. The Morgan fingerprint density at radius 3 is 2.44 bits per heavy atom. The fraction of sp³-hybridized carbons (Fsp3) is 0.364. The van der Waals surface area contributed by atoms with E-state index < -0.39 is 0 Å². The van der Waals surface area contributed by atoms with Crippen molar-refractivity contribution in [1.82, 2.24) is 4.90 Å². The highest BCUT2D eigenvalue weighted by Gasteiger charge is 2.12. The van der Waals surface area contributed by atoms with Gasteiger partial charge in [-0.15, -0.1) is 0 Å².